The lowest BCUT2D eigenvalue weighted by Gasteiger charge is -2.33. The molecule has 0 atom stereocenters. The van der Waals surface area contributed by atoms with Crippen molar-refractivity contribution in [3.8, 4) is 0 Å². The van der Waals surface area contributed by atoms with E-state index in [1.165, 1.54) is 4.31 Å². The first kappa shape index (κ1) is 17.1. The van der Waals surface area contributed by atoms with Gasteiger partial charge in [0.15, 0.2) is 0 Å². The predicted molar refractivity (Wildman–Crippen MR) is 87.8 cm³/mol. The molecule has 1 fully saturated rings. The Balaban J connectivity index is 1.95. The van der Waals surface area contributed by atoms with Crippen molar-refractivity contribution in [2.45, 2.75) is 13.8 Å². The number of anilines is 1. The Morgan fingerprint density at radius 1 is 1.27 bits per heavy atom. The van der Waals surface area contributed by atoms with E-state index in [2.05, 4.69) is 5.32 Å². The lowest BCUT2D eigenvalue weighted by Crippen LogP contribution is -2.51. The Morgan fingerprint density at radius 3 is 2.45 bits per heavy atom. The standard InChI is InChI=1S/C14H20ClN3O3S/c1-3-22(20,21)18-8-6-17(7-9-18)14(19)16-13-5-4-11(2)10-12(13)15/h4-5,10H,3,6-9H2,1-2H3,(H,16,19). The molecule has 22 heavy (non-hydrogen) atoms. The molecule has 1 aliphatic heterocycles. The van der Waals surface area contributed by atoms with E-state index in [1.54, 1.807) is 24.0 Å². The summed E-state index contributed by atoms with van der Waals surface area (Å²) in [6.45, 7) is 4.93. The molecule has 122 valence electrons. The predicted octanol–water partition coefficient (Wildman–Crippen LogP) is 2.15. The van der Waals surface area contributed by atoms with Gasteiger partial charge in [-0.05, 0) is 31.5 Å². The first-order valence-corrected chi connectivity index (χ1v) is 9.12. The zero-order chi connectivity index (χ0) is 16.3. The number of piperazine rings is 1. The molecule has 0 aliphatic carbocycles. The molecule has 8 heteroatoms. The third kappa shape index (κ3) is 3.91. The van der Waals surface area contributed by atoms with Gasteiger partial charge in [-0.2, -0.15) is 4.31 Å². The summed E-state index contributed by atoms with van der Waals surface area (Å²) in [5, 5.41) is 3.25. The largest absolute Gasteiger partial charge is 0.322 e. The lowest BCUT2D eigenvalue weighted by atomic mass is 10.2. The van der Waals surface area contributed by atoms with E-state index < -0.39 is 10.0 Å². The third-order valence-electron chi connectivity index (χ3n) is 3.65. The Labute approximate surface area is 136 Å². The van der Waals surface area contributed by atoms with E-state index >= 15 is 0 Å². The Kier molecular flexibility index (Phi) is 5.31. The fourth-order valence-corrected chi connectivity index (χ4v) is 3.63. The lowest BCUT2D eigenvalue weighted by molar-refractivity contribution is 0.184. The van der Waals surface area contributed by atoms with Gasteiger partial charge < -0.3 is 10.2 Å². The molecule has 0 aromatic heterocycles. The minimum Gasteiger partial charge on any atom is -0.322 e. The molecule has 1 aromatic carbocycles. The molecule has 0 radical (unpaired) electrons. The van der Waals surface area contributed by atoms with E-state index in [0.29, 0.717) is 36.9 Å². The highest BCUT2D eigenvalue weighted by molar-refractivity contribution is 7.89. The average molecular weight is 346 g/mol. The van der Waals surface area contributed by atoms with Crippen LogP contribution < -0.4 is 5.32 Å². The highest BCUT2D eigenvalue weighted by Gasteiger charge is 2.27. The smallest absolute Gasteiger partial charge is 0.321 e. The number of hydrogen-bond acceptors (Lipinski definition) is 3. The second-order valence-electron chi connectivity index (χ2n) is 5.20. The summed E-state index contributed by atoms with van der Waals surface area (Å²) in [6, 6.07) is 5.14. The molecule has 6 nitrogen and oxygen atoms in total. The van der Waals surface area contributed by atoms with Crippen LogP contribution in [0.5, 0.6) is 0 Å². The van der Waals surface area contributed by atoms with Crippen molar-refractivity contribution in [2.24, 2.45) is 0 Å². The third-order valence-corrected chi connectivity index (χ3v) is 5.84. The van der Waals surface area contributed by atoms with E-state index in [1.807, 2.05) is 13.0 Å². The second-order valence-corrected chi connectivity index (χ2v) is 7.86. The van der Waals surface area contributed by atoms with Gasteiger partial charge in [-0.25, -0.2) is 13.2 Å². The molecule has 0 saturated carbocycles. The van der Waals surface area contributed by atoms with Crippen LogP contribution in [0, 0.1) is 6.92 Å². The molecular formula is C14H20ClN3O3S. The number of aryl methyl sites for hydroxylation is 1. The monoisotopic (exact) mass is 345 g/mol. The molecule has 0 spiro atoms. The number of carbonyl (C=O) groups is 1. The summed E-state index contributed by atoms with van der Waals surface area (Å²) in [4.78, 5) is 13.8. The second kappa shape index (κ2) is 6.85. The number of hydrogen-bond donors (Lipinski definition) is 1. The maximum atomic E-state index is 12.2. The fraction of sp³-hybridized carbons (Fsp3) is 0.500. The minimum absolute atomic E-state index is 0.0815. The molecule has 1 N–H and O–H groups in total. The SMILES string of the molecule is CCS(=O)(=O)N1CCN(C(=O)Nc2ccc(C)cc2Cl)CC1. The maximum absolute atomic E-state index is 12.2. The van der Waals surface area contributed by atoms with Crippen LogP contribution >= 0.6 is 11.6 Å². The van der Waals surface area contributed by atoms with E-state index in [0.717, 1.165) is 5.56 Å². The summed E-state index contributed by atoms with van der Waals surface area (Å²) < 4.78 is 25.0. The summed E-state index contributed by atoms with van der Waals surface area (Å²) in [5.41, 5.74) is 1.57. The minimum atomic E-state index is -3.19. The zero-order valence-electron chi connectivity index (χ0n) is 12.7. The molecule has 2 rings (SSSR count). The molecule has 1 aliphatic rings. The normalized spacial score (nSPS) is 16.6. The molecule has 1 aromatic rings. The molecule has 1 saturated heterocycles. The van der Waals surface area contributed by atoms with Crippen LogP contribution in [0.15, 0.2) is 18.2 Å². The first-order chi connectivity index (χ1) is 10.3. The topological polar surface area (TPSA) is 69.7 Å². The number of nitrogens with zero attached hydrogens (tertiary/aromatic N) is 2. The van der Waals surface area contributed by atoms with Crippen molar-refractivity contribution >= 4 is 33.3 Å². The van der Waals surface area contributed by atoms with Crippen molar-refractivity contribution in [1.82, 2.24) is 9.21 Å². The number of halogens is 1. The van der Waals surface area contributed by atoms with Crippen LogP contribution in [-0.4, -0.2) is 55.6 Å². The van der Waals surface area contributed by atoms with Crippen LogP contribution in [0.4, 0.5) is 10.5 Å². The Bertz CT molecular complexity index is 655. The van der Waals surface area contributed by atoms with Gasteiger partial charge in [-0.15, -0.1) is 0 Å². The van der Waals surface area contributed by atoms with Gasteiger partial charge in [0.05, 0.1) is 16.5 Å². The van der Waals surface area contributed by atoms with E-state index in [4.69, 9.17) is 11.6 Å². The van der Waals surface area contributed by atoms with E-state index in [-0.39, 0.29) is 11.8 Å². The zero-order valence-corrected chi connectivity index (χ0v) is 14.2. The number of sulfonamides is 1. The molecule has 0 bridgehead atoms. The number of carbonyl (C=O) groups excluding carboxylic acids is 1. The van der Waals surface area contributed by atoms with Gasteiger partial charge in [0.2, 0.25) is 10.0 Å². The number of benzene rings is 1. The van der Waals surface area contributed by atoms with Gasteiger partial charge in [-0.3, -0.25) is 0 Å². The van der Waals surface area contributed by atoms with Crippen molar-refractivity contribution in [3.05, 3.63) is 28.8 Å². The van der Waals surface area contributed by atoms with Crippen LogP contribution in [0.2, 0.25) is 5.02 Å². The number of amides is 2. The van der Waals surface area contributed by atoms with Gasteiger partial charge in [0, 0.05) is 26.2 Å². The van der Waals surface area contributed by atoms with Crippen LogP contribution in [0.1, 0.15) is 12.5 Å². The molecule has 0 unspecified atom stereocenters. The average Bonchev–Trinajstić information content (AvgIpc) is 2.50. The Hall–Kier alpha value is -1.31. The first-order valence-electron chi connectivity index (χ1n) is 7.13. The van der Waals surface area contributed by atoms with Gasteiger partial charge >= 0.3 is 6.03 Å². The summed E-state index contributed by atoms with van der Waals surface area (Å²) in [6.07, 6.45) is 0. The van der Waals surface area contributed by atoms with Crippen molar-refractivity contribution in [3.63, 3.8) is 0 Å². The highest BCUT2D eigenvalue weighted by atomic mass is 35.5. The maximum Gasteiger partial charge on any atom is 0.321 e. The van der Waals surface area contributed by atoms with Gasteiger partial charge in [-0.1, -0.05) is 17.7 Å². The van der Waals surface area contributed by atoms with Crippen LogP contribution in [-0.2, 0) is 10.0 Å². The van der Waals surface area contributed by atoms with E-state index in [9.17, 15) is 13.2 Å². The number of nitrogens with one attached hydrogen (secondary N) is 1. The van der Waals surface area contributed by atoms with Crippen LogP contribution in [0.3, 0.4) is 0 Å². The van der Waals surface area contributed by atoms with Gasteiger partial charge in [0.1, 0.15) is 0 Å². The van der Waals surface area contributed by atoms with Gasteiger partial charge in [0.25, 0.3) is 0 Å². The quantitative estimate of drug-likeness (QED) is 0.912. The van der Waals surface area contributed by atoms with Crippen molar-refractivity contribution < 1.29 is 13.2 Å². The Morgan fingerprint density at radius 2 is 1.91 bits per heavy atom. The number of urea groups is 1. The molecule has 1 heterocycles. The highest BCUT2D eigenvalue weighted by Crippen LogP contribution is 2.23. The number of rotatable bonds is 3. The summed E-state index contributed by atoms with van der Waals surface area (Å²) >= 11 is 6.09. The summed E-state index contributed by atoms with van der Waals surface area (Å²) in [5.74, 6) is 0.0815. The van der Waals surface area contributed by atoms with Crippen molar-refractivity contribution in [2.75, 3.05) is 37.2 Å². The fourth-order valence-electron chi connectivity index (χ4n) is 2.27. The molecular weight excluding hydrogens is 326 g/mol. The summed E-state index contributed by atoms with van der Waals surface area (Å²) in [7, 11) is -3.19. The molecule has 2 amide bonds. The van der Waals surface area contributed by atoms with Crippen LogP contribution in [0.25, 0.3) is 0 Å². The van der Waals surface area contributed by atoms with Crippen molar-refractivity contribution in [1.29, 1.82) is 0 Å².